The molecule has 1 aromatic heterocycles. The average molecular weight is 261 g/mol. The van der Waals surface area contributed by atoms with E-state index in [9.17, 15) is 9.18 Å². The Morgan fingerprint density at radius 2 is 2.16 bits per heavy atom. The van der Waals surface area contributed by atoms with Crippen molar-refractivity contribution in [3.63, 3.8) is 0 Å². The van der Waals surface area contributed by atoms with Crippen molar-refractivity contribution < 1.29 is 13.9 Å². The maximum atomic E-state index is 12.7. The summed E-state index contributed by atoms with van der Waals surface area (Å²) < 4.78 is 17.8. The number of para-hydroxylation sites is 1. The van der Waals surface area contributed by atoms with Gasteiger partial charge >= 0.3 is 0 Å². The van der Waals surface area contributed by atoms with Crippen molar-refractivity contribution in [2.75, 3.05) is 18.2 Å². The summed E-state index contributed by atoms with van der Waals surface area (Å²) in [5, 5.41) is 2.54. The molecule has 0 aliphatic carbocycles. The second-order valence-corrected chi connectivity index (χ2v) is 3.74. The smallest absolute Gasteiger partial charge is 0.260 e. The highest BCUT2D eigenvalue weighted by Crippen LogP contribution is 2.26. The first kappa shape index (κ1) is 12.8. The molecule has 0 spiro atoms. The number of nitrogens with zero attached hydrogens (tertiary/aromatic N) is 1. The van der Waals surface area contributed by atoms with Gasteiger partial charge in [-0.2, -0.15) is 0 Å². The van der Waals surface area contributed by atoms with E-state index in [2.05, 4.69) is 10.3 Å². The molecular weight excluding hydrogens is 249 g/mol. The Morgan fingerprint density at radius 1 is 1.37 bits per heavy atom. The van der Waals surface area contributed by atoms with Gasteiger partial charge in [0.25, 0.3) is 5.91 Å². The number of aromatic nitrogens is 1. The van der Waals surface area contributed by atoms with Gasteiger partial charge in [0.2, 0.25) is 0 Å². The van der Waals surface area contributed by atoms with Crippen LogP contribution in [0, 0.1) is 5.82 Å². The van der Waals surface area contributed by atoms with Crippen molar-refractivity contribution in [2.24, 2.45) is 0 Å². The number of rotatable bonds is 3. The number of ether oxygens (including phenoxy) is 1. The summed E-state index contributed by atoms with van der Waals surface area (Å²) in [6.07, 6.45) is 1.02. The number of carbonyl (C=O) groups is 1. The number of nitrogens with one attached hydrogen (secondary N) is 1. The second-order valence-electron chi connectivity index (χ2n) is 3.74. The zero-order valence-electron chi connectivity index (χ0n) is 10.2. The number of benzene rings is 1. The first-order chi connectivity index (χ1) is 9.11. The van der Waals surface area contributed by atoms with Crippen LogP contribution in [0.4, 0.5) is 15.9 Å². The fraction of sp³-hybridized carbons (Fsp3) is 0.0769. The molecule has 3 N–H and O–H groups in total. The molecule has 1 amide bonds. The molecule has 98 valence electrons. The fourth-order valence-electron chi connectivity index (χ4n) is 1.59. The Morgan fingerprint density at radius 3 is 2.79 bits per heavy atom. The molecule has 0 bridgehead atoms. The molecule has 0 fully saturated rings. The minimum Gasteiger partial charge on any atom is -0.494 e. The van der Waals surface area contributed by atoms with Crippen LogP contribution in [0.15, 0.2) is 36.5 Å². The van der Waals surface area contributed by atoms with Gasteiger partial charge in [-0.3, -0.25) is 4.79 Å². The van der Waals surface area contributed by atoms with E-state index in [0.29, 0.717) is 11.4 Å². The van der Waals surface area contributed by atoms with Crippen LogP contribution in [0.5, 0.6) is 5.75 Å². The lowest BCUT2D eigenvalue weighted by Crippen LogP contribution is -2.14. The SMILES string of the molecule is COc1c(N)cccc1C(=O)Nc1ccc(F)cn1. The van der Waals surface area contributed by atoms with E-state index in [4.69, 9.17) is 10.5 Å². The van der Waals surface area contributed by atoms with E-state index >= 15 is 0 Å². The monoisotopic (exact) mass is 261 g/mol. The second kappa shape index (κ2) is 5.34. The number of methoxy groups -OCH3 is 1. The number of hydrogen-bond acceptors (Lipinski definition) is 4. The number of nitrogen functional groups attached to an aromatic ring is 1. The molecule has 0 atom stereocenters. The van der Waals surface area contributed by atoms with Crippen molar-refractivity contribution in [1.82, 2.24) is 4.98 Å². The molecule has 2 aromatic rings. The van der Waals surface area contributed by atoms with E-state index in [-0.39, 0.29) is 11.4 Å². The number of halogens is 1. The van der Waals surface area contributed by atoms with Gasteiger partial charge in [0.1, 0.15) is 11.6 Å². The van der Waals surface area contributed by atoms with Crippen LogP contribution >= 0.6 is 0 Å². The summed E-state index contributed by atoms with van der Waals surface area (Å²) in [6, 6.07) is 7.43. The van der Waals surface area contributed by atoms with E-state index < -0.39 is 11.7 Å². The lowest BCUT2D eigenvalue weighted by Gasteiger charge is -2.10. The zero-order chi connectivity index (χ0) is 13.8. The summed E-state index contributed by atoms with van der Waals surface area (Å²) in [5.74, 6) is -0.360. The summed E-state index contributed by atoms with van der Waals surface area (Å²) in [7, 11) is 1.43. The van der Waals surface area contributed by atoms with E-state index in [1.54, 1.807) is 18.2 Å². The maximum absolute atomic E-state index is 12.7. The van der Waals surface area contributed by atoms with Crippen LogP contribution in [0.1, 0.15) is 10.4 Å². The number of anilines is 2. The van der Waals surface area contributed by atoms with Crippen LogP contribution in [-0.4, -0.2) is 18.0 Å². The first-order valence-corrected chi connectivity index (χ1v) is 5.47. The van der Waals surface area contributed by atoms with Gasteiger partial charge in [-0.1, -0.05) is 6.07 Å². The zero-order valence-corrected chi connectivity index (χ0v) is 10.2. The third-order valence-electron chi connectivity index (χ3n) is 2.46. The van der Waals surface area contributed by atoms with Crippen molar-refractivity contribution in [3.8, 4) is 5.75 Å². The Labute approximate surface area is 109 Å². The largest absolute Gasteiger partial charge is 0.494 e. The molecule has 0 aliphatic heterocycles. The molecule has 0 aliphatic rings. The Bertz CT molecular complexity index is 599. The van der Waals surface area contributed by atoms with Gasteiger partial charge in [-0.25, -0.2) is 9.37 Å². The third kappa shape index (κ3) is 2.79. The average Bonchev–Trinajstić information content (AvgIpc) is 2.41. The van der Waals surface area contributed by atoms with Crippen LogP contribution in [0.3, 0.4) is 0 Å². The highest BCUT2D eigenvalue weighted by molar-refractivity contribution is 6.06. The topological polar surface area (TPSA) is 77.2 Å². The van der Waals surface area contributed by atoms with Gasteiger partial charge in [0, 0.05) is 0 Å². The maximum Gasteiger partial charge on any atom is 0.260 e. The van der Waals surface area contributed by atoms with Gasteiger partial charge in [0.15, 0.2) is 5.75 Å². The molecule has 0 saturated carbocycles. The molecule has 1 aromatic carbocycles. The van der Waals surface area contributed by atoms with Crippen LogP contribution in [0.2, 0.25) is 0 Å². The number of nitrogens with two attached hydrogens (primary N) is 1. The van der Waals surface area contributed by atoms with E-state index in [1.807, 2.05) is 0 Å². The predicted molar refractivity (Wildman–Crippen MR) is 69.6 cm³/mol. The van der Waals surface area contributed by atoms with Crippen LogP contribution in [-0.2, 0) is 0 Å². The van der Waals surface area contributed by atoms with Gasteiger partial charge < -0.3 is 15.8 Å². The minimum atomic E-state index is -0.473. The lowest BCUT2D eigenvalue weighted by molar-refractivity contribution is 0.102. The van der Waals surface area contributed by atoms with Crippen molar-refractivity contribution in [3.05, 3.63) is 47.9 Å². The lowest BCUT2D eigenvalue weighted by atomic mass is 10.1. The number of amides is 1. The van der Waals surface area contributed by atoms with Gasteiger partial charge in [-0.15, -0.1) is 0 Å². The number of hydrogen-bond donors (Lipinski definition) is 2. The molecule has 0 radical (unpaired) electrons. The highest BCUT2D eigenvalue weighted by Gasteiger charge is 2.14. The quantitative estimate of drug-likeness (QED) is 0.829. The molecule has 6 heteroatoms. The van der Waals surface area contributed by atoms with Gasteiger partial charge in [-0.05, 0) is 24.3 Å². The minimum absolute atomic E-state index is 0.246. The first-order valence-electron chi connectivity index (χ1n) is 5.47. The van der Waals surface area contributed by atoms with Crippen LogP contribution < -0.4 is 15.8 Å². The molecule has 5 nitrogen and oxygen atoms in total. The summed E-state index contributed by atoms with van der Waals surface area (Å²) >= 11 is 0. The molecular formula is C13H12FN3O2. The van der Waals surface area contributed by atoms with Crippen molar-refractivity contribution in [1.29, 1.82) is 0 Å². The fourth-order valence-corrected chi connectivity index (χ4v) is 1.59. The predicted octanol–water partition coefficient (Wildman–Crippen LogP) is 2.06. The van der Waals surface area contributed by atoms with Crippen molar-refractivity contribution >= 4 is 17.4 Å². The Kier molecular flexibility index (Phi) is 3.61. The molecule has 19 heavy (non-hydrogen) atoms. The van der Waals surface area contributed by atoms with Crippen LogP contribution in [0.25, 0.3) is 0 Å². The van der Waals surface area contributed by atoms with E-state index in [0.717, 1.165) is 6.20 Å². The Balaban J connectivity index is 2.25. The van der Waals surface area contributed by atoms with Crippen molar-refractivity contribution in [2.45, 2.75) is 0 Å². The molecule has 2 rings (SSSR count). The molecule has 1 heterocycles. The molecule has 0 saturated heterocycles. The third-order valence-corrected chi connectivity index (χ3v) is 2.46. The normalized spacial score (nSPS) is 10.0. The molecule has 0 unspecified atom stereocenters. The van der Waals surface area contributed by atoms with E-state index in [1.165, 1.54) is 19.2 Å². The number of carbonyl (C=O) groups excluding carboxylic acids is 1. The standard InChI is InChI=1S/C13H12FN3O2/c1-19-12-9(3-2-4-10(12)15)13(18)17-11-6-5-8(14)7-16-11/h2-7H,15H2,1H3,(H,16,17,18). The summed E-state index contributed by atoms with van der Waals surface area (Å²) in [4.78, 5) is 15.8. The summed E-state index contributed by atoms with van der Waals surface area (Å²) in [6.45, 7) is 0. The highest BCUT2D eigenvalue weighted by atomic mass is 19.1. The number of pyridine rings is 1. The summed E-state index contributed by atoms with van der Waals surface area (Å²) in [5.41, 5.74) is 6.36. The Hall–Kier alpha value is -2.63. The van der Waals surface area contributed by atoms with Gasteiger partial charge in [0.05, 0.1) is 24.6 Å².